The number of methoxy groups -OCH3 is 1. The summed E-state index contributed by atoms with van der Waals surface area (Å²) >= 11 is 0. The van der Waals surface area contributed by atoms with Crippen LogP contribution in [0.4, 0.5) is 0 Å². The molecule has 1 heterocycles. The molecule has 0 amide bonds. The molecule has 108 valence electrons. The maximum absolute atomic E-state index is 11.6. The van der Waals surface area contributed by atoms with Gasteiger partial charge in [-0.1, -0.05) is 6.07 Å². The summed E-state index contributed by atoms with van der Waals surface area (Å²) in [5.41, 5.74) is 1.82. The van der Waals surface area contributed by atoms with Gasteiger partial charge in [0.1, 0.15) is 11.8 Å². The van der Waals surface area contributed by atoms with Crippen molar-refractivity contribution in [2.45, 2.75) is 13.5 Å². The third-order valence-electron chi connectivity index (χ3n) is 2.88. The van der Waals surface area contributed by atoms with Crippen LogP contribution in [0.2, 0.25) is 0 Å². The Morgan fingerprint density at radius 2 is 2.29 bits per heavy atom. The third kappa shape index (κ3) is 3.39. The second-order valence-electron chi connectivity index (χ2n) is 4.29. The predicted molar refractivity (Wildman–Crippen MR) is 75.0 cm³/mol. The van der Waals surface area contributed by atoms with E-state index in [0.29, 0.717) is 30.0 Å². The topological polar surface area (TPSA) is 77.1 Å². The van der Waals surface area contributed by atoms with Gasteiger partial charge in [-0.25, -0.2) is 4.79 Å². The zero-order valence-electron chi connectivity index (χ0n) is 11.9. The molecule has 0 N–H and O–H groups in total. The van der Waals surface area contributed by atoms with E-state index in [-0.39, 0.29) is 5.97 Å². The molecule has 0 saturated heterocycles. The van der Waals surface area contributed by atoms with Gasteiger partial charge < -0.3 is 9.47 Å². The largest absolute Gasteiger partial charge is 0.495 e. The number of aromatic nitrogens is 2. The Bertz CT molecular complexity index is 686. The minimum absolute atomic E-state index is 0.330. The van der Waals surface area contributed by atoms with E-state index in [4.69, 9.17) is 14.7 Å². The number of nitrogens with zero attached hydrogens (tertiary/aromatic N) is 3. The van der Waals surface area contributed by atoms with E-state index in [0.717, 1.165) is 5.56 Å². The van der Waals surface area contributed by atoms with Gasteiger partial charge in [-0.3, -0.25) is 4.68 Å². The normalized spacial score (nSPS) is 9.95. The van der Waals surface area contributed by atoms with Crippen LogP contribution in [-0.4, -0.2) is 29.5 Å². The molecule has 0 aliphatic rings. The maximum atomic E-state index is 11.6. The van der Waals surface area contributed by atoms with Crippen LogP contribution in [0.15, 0.2) is 30.6 Å². The van der Waals surface area contributed by atoms with Gasteiger partial charge in [0.25, 0.3) is 0 Å². The average molecular weight is 285 g/mol. The zero-order valence-corrected chi connectivity index (χ0v) is 11.9. The fourth-order valence-corrected chi connectivity index (χ4v) is 1.88. The van der Waals surface area contributed by atoms with E-state index in [1.807, 2.05) is 6.07 Å². The Hall–Kier alpha value is -2.81. The zero-order chi connectivity index (χ0) is 15.2. The molecule has 21 heavy (non-hydrogen) atoms. The van der Waals surface area contributed by atoms with Crippen molar-refractivity contribution in [2.75, 3.05) is 13.7 Å². The highest BCUT2D eigenvalue weighted by Crippen LogP contribution is 2.19. The maximum Gasteiger partial charge on any atom is 0.341 e. The summed E-state index contributed by atoms with van der Waals surface area (Å²) in [6.45, 7) is 2.56. The van der Waals surface area contributed by atoms with Gasteiger partial charge in [-0.2, -0.15) is 10.4 Å². The Morgan fingerprint density at radius 1 is 1.48 bits per heavy atom. The number of hydrogen-bond acceptors (Lipinski definition) is 5. The molecule has 2 aromatic rings. The van der Waals surface area contributed by atoms with Crippen LogP contribution >= 0.6 is 0 Å². The lowest BCUT2D eigenvalue weighted by molar-refractivity contribution is 0.0526. The number of rotatable bonds is 5. The Morgan fingerprint density at radius 3 is 2.95 bits per heavy atom. The van der Waals surface area contributed by atoms with Gasteiger partial charge >= 0.3 is 5.97 Å². The summed E-state index contributed by atoms with van der Waals surface area (Å²) in [7, 11) is 1.52. The molecule has 0 fully saturated rings. The molecule has 0 aliphatic carbocycles. The van der Waals surface area contributed by atoms with E-state index in [1.54, 1.807) is 29.9 Å². The molecular weight excluding hydrogens is 270 g/mol. The van der Waals surface area contributed by atoms with E-state index in [9.17, 15) is 4.79 Å². The molecule has 1 aromatic carbocycles. The lowest BCUT2D eigenvalue weighted by Crippen LogP contribution is -2.04. The molecule has 0 saturated carbocycles. The summed E-state index contributed by atoms with van der Waals surface area (Å²) in [4.78, 5) is 11.6. The van der Waals surface area contributed by atoms with E-state index < -0.39 is 0 Å². The van der Waals surface area contributed by atoms with Crippen molar-refractivity contribution < 1.29 is 14.3 Å². The van der Waals surface area contributed by atoms with Crippen LogP contribution in [0, 0.1) is 11.3 Å². The second kappa shape index (κ2) is 6.57. The third-order valence-corrected chi connectivity index (χ3v) is 2.88. The van der Waals surface area contributed by atoms with Crippen molar-refractivity contribution in [2.24, 2.45) is 0 Å². The van der Waals surface area contributed by atoms with Crippen LogP contribution in [0.25, 0.3) is 0 Å². The van der Waals surface area contributed by atoms with Crippen molar-refractivity contribution >= 4 is 5.97 Å². The Labute approximate surface area is 122 Å². The lowest BCUT2D eigenvalue weighted by atomic mass is 10.1. The Balaban J connectivity index is 2.15. The molecule has 0 bridgehead atoms. The predicted octanol–water partition coefficient (Wildman–Crippen LogP) is 1.99. The molecule has 6 nitrogen and oxygen atoms in total. The minimum atomic E-state index is -0.388. The van der Waals surface area contributed by atoms with E-state index >= 15 is 0 Å². The number of benzene rings is 1. The summed E-state index contributed by atoms with van der Waals surface area (Å²) in [6, 6.07) is 7.37. The summed E-state index contributed by atoms with van der Waals surface area (Å²) in [6.07, 6.45) is 3.10. The molecule has 0 aliphatic heterocycles. The first kappa shape index (κ1) is 14.6. The number of ether oxygens (including phenoxy) is 2. The van der Waals surface area contributed by atoms with Crippen molar-refractivity contribution in [3.63, 3.8) is 0 Å². The van der Waals surface area contributed by atoms with E-state index in [1.165, 1.54) is 13.3 Å². The number of carbonyl (C=O) groups excluding carboxylic acids is 1. The van der Waals surface area contributed by atoms with Crippen LogP contribution in [0.1, 0.15) is 28.4 Å². The highest BCUT2D eigenvalue weighted by atomic mass is 16.5. The van der Waals surface area contributed by atoms with E-state index in [2.05, 4.69) is 11.2 Å². The van der Waals surface area contributed by atoms with Gasteiger partial charge in [0.15, 0.2) is 0 Å². The van der Waals surface area contributed by atoms with Crippen molar-refractivity contribution in [1.82, 2.24) is 9.78 Å². The molecule has 0 atom stereocenters. The van der Waals surface area contributed by atoms with Crippen molar-refractivity contribution in [3.8, 4) is 11.8 Å². The standard InChI is InChI=1S/C15H15N3O3/c1-3-21-15(19)13-8-17-18(10-13)9-11-4-5-12(7-16)14(6-11)20-2/h4-6,8,10H,3,9H2,1-2H3. The van der Waals surface area contributed by atoms with Gasteiger partial charge in [0, 0.05) is 6.20 Å². The molecule has 2 rings (SSSR count). The first-order chi connectivity index (χ1) is 10.2. The first-order valence-electron chi connectivity index (χ1n) is 6.44. The Kier molecular flexibility index (Phi) is 4.57. The fraction of sp³-hybridized carbons (Fsp3) is 0.267. The molecular formula is C15H15N3O3. The monoisotopic (exact) mass is 285 g/mol. The SMILES string of the molecule is CCOC(=O)c1cnn(Cc2ccc(C#N)c(OC)c2)c1. The smallest absolute Gasteiger partial charge is 0.341 e. The van der Waals surface area contributed by atoms with Crippen LogP contribution in [-0.2, 0) is 11.3 Å². The molecule has 6 heteroatoms. The van der Waals surface area contributed by atoms with Gasteiger partial charge in [-0.05, 0) is 24.6 Å². The molecule has 1 aromatic heterocycles. The quantitative estimate of drug-likeness (QED) is 0.785. The number of nitriles is 1. The number of carbonyl (C=O) groups is 1. The highest BCUT2D eigenvalue weighted by Gasteiger charge is 2.10. The summed E-state index contributed by atoms with van der Waals surface area (Å²) in [5.74, 6) is 0.133. The summed E-state index contributed by atoms with van der Waals surface area (Å²) < 4.78 is 11.7. The van der Waals surface area contributed by atoms with Crippen LogP contribution in [0.3, 0.4) is 0 Å². The minimum Gasteiger partial charge on any atom is -0.495 e. The van der Waals surface area contributed by atoms with Gasteiger partial charge in [-0.15, -0.1) is 0 Å². The van der Waals surface area contributed by atoms with Crippen LogP contribution < -0.4 is 4.74 Å². The number of hydrogen-bond donors (Lipinski definition) is 0. The average Bonchev–Trinajstić information content (AvgIpc) is 2.96. The molecule has 0 unspecified atom stereocenters. The highest BCUT2D eigenvalue weighted by molar-refractivity contribution is 5.88. The molecule has 0 spiro atoms. The van der Waals surface area contributed by atoms with Gasteiger partial charge in [0.2, 0.25) is 0 Å². The summed E-state index contributed by atoms with van der Waals surface area (Å²) in [5, 5.41) is 13.1. The second-order valence-corrected chi connectivity index (χ2v) is 4.29. The first-order valence-corrected chi connectivity index (χ1v) is 6.44. The van der Waals surface area contributed by atoms with Crippen LogP contribution in [0.5, 0.6) is 5.75 Å². The molecule has 0 radical (unpaired) electrons. The fourth-order valence-electron chi connectivity index (χ4n) is 1.88. The van der Waals surface area contributed by atoms with Crippen molar-refractivity contribution in [1.29, 1.82) is 5.26 Å². The van der Waals surface area contributed by atoms with Gasteiger partial charge in [0.05, 0.1) is 37.6 Å². The van der Waals surface area contributed by atoms with Crippen molar-refractivity contribution in [3.05, 3.63) is 47.3 Å². The lowest BCUT2D eigenvalue weighted by Gasteiger charge is -2.06. The number of esters is 1.